The topological polar surface area (TPSA) is 42.3 Å². The SMILES string of the molecule is CC(=O)C1=C(N2CCCCC2)c2ccc(-c3ccccc3)n2C1=O. The Labute approximate surface area is 141 Å². The second-order valence-electron chi connectivity index (χ2n) is 6.44. The molecule has 0 unspecified atom stereocenters. The lowest BCUT2D eigenvalue weighted by molar-refractivity contribution is -0.113. The van der Waals surface area contributed by atoms with Crippen molar-refractivity contribution in [1.29, 1.82) is 0 Å². The third-order valence-electron chi connectivity index (χ3n) is 4.87. The first-order chi connectivity index (χ1) is 11.7. The molecule has 0 saturated carbocycles. The molecule has 1 aromatic heterocycles. The molecule has 24 heavy (non-hydrogen) atoms. The molecule has 4 heteroatoms. The molecular weight excluding hydrogens is 300 g/mol. The summed E-state index contributed by atoms with van der Waals surface area (Å²) in [7, 11) is 0. The van der Waals surface area contributed by atoms with Gasteiger partial charge in [0.2, 0.25) is 0 Å². The highest BCUT2D eigenvalue weighted by atomic mass is 16.2. The summed E-state index contributed by atoms with van der Waals surface area (Å²) >= 11 is 0. The molecule has 0 radical (unpaired) electrons. The van der Waals surface area contributed by atoms with Crippen molar-refractivity contribution in [2.75, 3.05) is 13.1 Å². The zero-order valence-electron chi connectivity index (χ0n) is 13.8. The largest absolute Gasteiger partial charge is 0.369 e. The lowest BCUT2D eigenvalue weighted by atomic mass is 10.0. The number of ketones is 1. The maximum absolute atomic E-state index is 13.0. The van der Waals surface area contributed by atoms with E-state index in [0.29, 0.717) is 5.57 Å². The van der Waals surface area contributed by atoms with Crippen molar-refractivity contribution >= 4 is 17.4 Å². The van der Waals surface area contributed by atoms with Gasteiger partial charge in [-0.25, -0.2) is 0 Å². The first-order valence-electron chi connectivity index (χ1n) is 8.51. The fourth-order valence-electron chi connectivity index (χ4n) is 3.77. The Morgan fingerprint density at radius 2 is 1.58 bits per heavy atom. The number of Topliss-reactive ketones (excluding diaryl/α,β-unsaturated/α-hetero) is 1. The quantitative estimate of drug-likeness (QED) is 0.812. The molecule has 0 aliphatic carbocycles. The average molecular weight is 320 g/mol. The van der Waals surface area contributed by atoms with Crippen LogP contribution in [-0.2, 0) is 4.79 Å². The van der Waals surface area contributed by atoms with Crippen molar-refractivity contribution in [1.82, 2.24) is 9.47 Å². The number of nitrogens with zero attached hydrogens (tertiary/aromatic N) is 2. The predicted molar refractivity (Wildman–Crippen MR) is 93.5 cm³/mol. The summed E-state index contributed by atoms with van der Waals surface area (Å²) in [5.74, 6) is -0.342. The van der Waals surface area contributed by atoms with E-state index in [2.05, 4.69) is 4.90 Å². The Bertz CT molecular complexity index is 840. The molecule has 2 aromatic rings. The van der Waals surface area contributed by atoms with Gasteiger partial charge in [-0.1, -0.05) is 30.3 Å². The van der Waals surface area contributed by atoms with Gasteiger partial charge in [0.15, 0.2) is 5.78 Å². The molecule has 4 rings (SSSR count). The van der Waals surface area contributed by atoms with Crippen LogP contribution in [-0.4, -0.2) is 34.2 Å². The second kappa shape index (κ2) is 5.78. The highest BCUT2D eigenvalue weighted by Gasteiger charge is 2.37. The van der Waals surface area contributed by atoms with Gasteiger partial charge >= 0.3 is 0 Å². The molecule has 122 valence electrons. The van der Waals surface area contributed by atoms with E-state index in [-0.39, 0.29) is 11.7 Å². The molecule has 2 aliphatic heterocycles. The molecule has 3 heterocycles. The zero-order valence-corrected chi connectivity index (χ0v) is 13.8. The average Bonchev–Trinajstić information content (AvgIpc) is 3.15. The number of benzene rings is 1. The molecule has 1 fully saturated rings. The van der Waals surface area contributed by atoms with E-state index in [1.165, 1.54) is 13.3 Å². The fourth-order valence-corrected chi connectivity index (χ4v) is 3.77. The van der Waals surface area contributed by atoms with Crippen molar-refractivity contribution in [2.45, 2.75) is 26.2 Å². The van der Waals surface area contributed by atoms with E-state index in [1.807, 2.05) is 42.5 Å². The van der Waals surface area contributed by atoms with Crippen LogP contribution in [0.4, 0.5) is 0 Å². The van der Waals surface area contributed by atoms with Crippen molar-refractivity contribution in [3.63, 3.8) is 0 Å². The summed E-state index contributed by atoms with van der Waals surface area (Å²) in [6, 6.07) is 13.8. The monoisotopic (exact) mass is 320 g/mol. The molecule has 4 nitrogen and oxygen atoms in total. The summed E-state index contributed by atoms with van der Waals surface area (Å²) < 4.78 is 1.70. The van der Waals surface area contributed by atoms with Crippen molar-refractivity contribution in [3.05, 3.63) is 53.7 Å². The van der Waals surface area contributed by atoms with Crippen LogP contribution >= 0.6 is 0 Å². The second-order valence-corrected chi connectivity index (χ2v) is 6.44. The lowest BCUT2D eigenvalue weighted by Crippen LogP contribution is -2.29. The highest BCUT2D eigenvalue weighted by molar-refractivity contribution is 6.28. The van der Waals surface area contributed by atoms with Crippen LogP contribution in [0.25, 0.3) is 17.0 Å². The Balaban J connectivity index is 1.86. The van der Waals surface area contributed by atoms with E-state index in [1.54, 1.807) is 4.57 Å². The van der Waals surface area contributed by atoms with Gasteiger partial charge < -0.3 is 4.90 Å². The Morgan fingerprint density at radius 1 is 0.917 bits per heavy atom. The van der Waals surface area contributed by atoms with Gasteiger partial charge in [0, 0.05) is 13.1 Å². The maximum Gasteiger partial charge on any atom is 0.268 e. The van der Waals surface area contributed by atoms with E-state index >= 15 is 0 Å². The van der Waals surface area contributed by atoms with Gasteiger partial charge in [-0.15, -0.1) is 0 Å². The molecule has 0 N–H and O–H groups in total. The number of hydrogen-bond acceptors (Lipinski definition) is 3. The van der Waals surface area contributed by atoms with Gasteiger partial charge in [0.05, 0.1) is 17.1 Å². The smallest absolute Gasteiger partial charge is 0.268 e. The number of carbonyl (C=O) groups is 2. The van der Waals surface area contributed by atoms with Crippen LogP contribution in [0.1, 0.15) is 36.7 Å². The minimum absolute atomic E-state index is 0.150. The van der Waals surface area contributed by atoms with Crippen LogP contribution in [0.3, 0.4) is 0 Å². The van der Waals surface area contributed by atoms with E-state index < -0.39 is 0 Å². The van der Waals surface area contributed by atoms with E-state index in [9.17, 15) is 9.59 Å². The number of aromatic nitrogens is 1. The molecule has 2 aliphatic rings. The zero-order chi connectivity index (χ0) is 16.7. The third kappa shape index (κ3) is 2.21. The predicted octanol–water partition coefficient (Wildman–Crippen LogP) is 3.59. The van der Waals surface area contributed by atoms with Gasteiger partial charge in [0.1, 0.15) is 5.57 Å². The van der Waals surface area contributed by atoms with Crippen LogP contribution in [0.5, 0.6) is 0 Å². The standard InChI is InChI=1S/C20H20N2O2/c1-14(23)18-19(21-12-6-3-7-13-21)17-11-10-16(22(17)20(18)24)15-8-4-2-5-9-15/h2,4-5,8-11H,3,6-7,12-13H2,1H3. The Hall–Kier alpha value is -2.62. The molecular formula is C20H20N2O2. The summed E-state index contributed by atoms with van der Waals surface area (Å²) in [4.78, 5) is 27.4. The van der Waals surface area contributed by atoms with Crippen molar-refractivity contribution in [3.8, 4) is 11.3 Å². The number of rotatable bonds is 3. The molecule has 0 spiro atoms. The van der Waals surface area contributed by atoms with E-state index in [4.69, 9.17) is 0 Å². The molecule has 0 atom stereocenters. The minimum atomic E-state index is -0.193. The van der Waals surface area contributed by atoms with Crippen LogP contribution in [0.15, 0.2) is 48.0 Å². The summed E-state index contributed by atoms with van der Waals surface area (Å²) in [6.07, 6.45) is 3.42. The number of hydrogen-bond donors (Lipinski definition) is 0. The van der Waals surface area contributed by atoms with Crippen LogP contribution < -0.4 is 0 Å². The number of likely N-dealkylation sites (tertiary alicyclic amines) is 1. The van der Waals surface area contributed by atoms with Crippen molar-refractivity contribution < 1.29 is 9.59 Å². The molecule has 1 aromatic carbocycles. The van der Waals surface area contributed by atoms with Crippen LogP contribution in [0.2, 0.25) is 0 Å². The number of allylic oxidation sites excluding steroid dienone is 1. The van der Waals surface area contributed by atoms with E-state index in [0.717, 1.165) is 48.6 Å². The van der Waals surface area contributed by atoms with Gasteiger partial charge in [0.25, 0.3) is 5.91 Å². The molecule has 1 saturated heterocycles. The summed E-state index contributed by atoms with van der Waals surface area (Å²) in [5, 5.41) is 0. The molecule has 0 amide bonds. The van der Waals surface area contributed by atoms with Gasteiger partial charge in [-0.2, -0.15) is 0 Å². The van der Waals surface area contributed by atoms with Crippen molar-refractivity contribution in [2.24, 2.45) is 0 Å². The lowest BCUT2D eigenvalue weighted by Gasteiger charge is -2.30. The number of piperidine rings is 1. The normalized spacial score (nSPS) is 17.4. The van der Waals surface area contributed by atoms with Gasteiger partial charge in [-0.3, -0.25) is 14.2 Å². The minimum Gasteiger partial charge on any atom is -0.369 e. The summed E-state index contributed by atoms with van der Waals surface area (Å²) in [5.41, 5.74) is 3.85. The third-order valence-corrected chi connectivity index (χ3v) is 4.87. The van der Waals surface area contributed by atoms with Crippen LogP contribution in [0, 0.1) is 0 Å². The highest BCUT2D eigenvalue weighted by Crippen LogP contribution is 2.37. The number of carbonyl (C=O) groups excluding carboxylic acids is 2. The Morgan fingerprint density at radius 3 is 2.25 bits per heavy atom. The molecule has 0 bridgehead atoms. The maximum atomic E-state index is 13.0. The Kier molecular flexibility index (Phi) is 3.60. The first kappa shape index (κ1) is 14.9. The summed E-state index contributed by atoms with van der Waals surface area (Å²) in [6.45, 7) is 3.31. The first-order valence-corrected chi connectivity index (χ1v) is 8.51. The number of fused-ring (bicyclic) bond motifs is 1. The fraction of sp³-hybridized carbons (Fsp3) is 0.300. The van der Waals surface area contributed by atoms with Gasteiger partial charge in [-0.05, 0) is 43.9 Å².